The van der Waals surface area contributed by atoms with Crippen molar-refractivity contribution in [2.45, 2.75) is 32.4 Å². The largest absolute Gasteiger partial charge is 0.395 e. The van der Waals surface area contributed by atoms with Crippen LogP contribution in [-0.2, 0) is 6.54 Å². The Morgan fingerprint density at radius 3 is 2.44 bits per heavy atom. The molecule has 1 aliphatic rings. The van der Waals surface area contributed by atoms with Gasteiger partial charge in [-0.2, -0.15) is 0 Å². The first-order chi connectivity index (χ1) is 8.38. The number of benzene rings is 1. The van der Waals surface area contributed by atoms with Crippen molar-refractivity contribution < 1.29 is 13.9 Å². The molecule has 1 saturated heterocycles. The molecule has 2 rings (SSSR count). The monoisotopic (exact) mass is 255 g/mol. The topological polar surface area (TPSA) is 23.5 Å². The highest BCUT2D eigenvalue weighted by Crippen LogP contribution is 2.47. The van der Waals surface area contributed by atoms with Crippen molar-refractivity contribution >= 4 is 0 Å². The molecule has 1 heterocycles. The molecule has 0 saturated carbocycles. The third-order valence-corrected chi connectivity index (χ3v) is 4.02. The first-order valence-electron chi connectivity index (χ1n) is 6.15. The van der Waals surface area contributed by atoms with Crippen LogP contribution in [0.5, 0.6) is 0 Å². The van der Waals surface area contributed by atoms with E-state index in [9.17, 15) is 13.9 Å². The van der Waals surface area contributed by atoms with Gasteiger partial charge in [0.1, 0.15) is 0 Å². The van der Waals surface area contributed by atoms with Gasteiger partial charge in [0.2, 0.25) is 0 Å². The quantitative estimate of drug-likeness (QED) is 0.897. The second-order valence-electron chi connectivity index (χ2n) is 5.52. The van der Waals surface area contributed by atoms with Gasteiger partial charge in [0.15, 0.2) is 0 Å². The summed E-state index contributed by atoms with van der Waals surface area (Å²) in [6, 6.07) is 9.00. The lowest BCUT2D eigenvalue weighted by atomic mass is 9.82. The minimum absolute atomic E-state index is 0.241. The average molecular weight is 255 g/mol. The van der Waals surface area contributed by atoms with E-state index in [1.165, 1.54) is 13.8 Å². The van der Waals surface area contributed by atoms with Gasteiger partial charge in [-0.05, 0) is 5.56 Å². The number of nitrogens with zero attached hydrogens (tertiary/aromatic N) is 1. The average Bonchev–Trinajstić information content (AvgIpc) is 2.46. The third-order valence-electron chi connectivity index (χ3n) is 4.02. The van der Waals surface area contributed by atoms with E-state index in [1.54, 1.807) is 4.90 Å². The van der Waals surface area contributed by atoms with Gasteiger partial charge >= 0.3 is 0 Å². The summed E-state index contributed by atoms with van der Waals surface area (Å²) in [4.78, 5) is 1.68. The number of rotatable bonds is 3. The van der Waals surface area contributed by atoms with E-state index in [2.05, 4.69) is 0 Å². The van der Waals surface area contributed by atoms with Crippen molar-refractivity contribution in [3.8, 4) is 0 Å². The predicted molar refractivity (Wildman–Crippen MR) is 66.5 cm³/mol. The number of hydrogen-bond acceptors (Lipinski definition) is 2. The molecule has 18 heavy (non-hydrogen) atoms. The van der Waals surface area contributed by atoms with Crippen LogP contribution in [0.2, 0.25) is 0 Å². The number of hydrogen-bond donors (Lipinski definition) is 1. The van der Waals surface area contributed by atoms with Crippen LogP contribution < -0.4 is 0 Å². The van der Waals surface area contributed by atoms with Crippen molar-refractivity contribution in [3.05, 3.63) is 35.9 Å². The molecule has 1 aromatic carbocycles. The molecule has 4 heteroatoms. The molecular formula is C14H19F2NO. The van der Waals surface area contributed by atoms with Gasteiger partial charge < -0.3 is 5.11 Å². The fraction of sp³-hybridized carbons (Fsp3) is 0.571. The zero-order valence-corrected chi connectivity index (χ0v) is 10.7. The van der Waals surface area contributed by atoms with Gasteiger partial charge in [0.05, 0.1) is 13.2 Å². The molecule has 0 aliphatic carbocycles. The lowest BCUT2D eigenvalue weighted by Crippen LogP contribution is -2.42. The van der Waals surface area contributed by atoms with Gasteiger partial charge in [-0.15, -0.1) is 0 Å². The maximum atomic E-state index is 14.0. The molecule has 0 radical (unpaired) electrons. The highest BCUT2D eigenvalue weighted by Gasteiger charge is 2.59. The zero-order chi connectivity index (χ0) is 13.4. The lowest BCUT2D eigenvalue weighted by molar-refractivity contribution is -0.0788. The Morgan fingerprint density at radius 1 is 1.28 bits per heavy atom. The van der Waals surface area contributed by atoms with Crippen molar-refractivity contribution in [1.29, 1.82) is 0 Å². The first kappa shape index (κ1) is 13.4. The predicted octanol–water partition coefficient (Wildman–Crippen LogP) is 2.52. The zero-order valence-electron chi connectivity index (χ0n) is 10.7. The standard InChI is InChI=1S/C14H19F2NO/c1-13(2)12(9-18)17(10-14(13,15)16)8-11-6-4-3-5-7-11/h3-7,12,18H,8-10H2,1-2H3. The summed E-state index contributed by atoms with van der Waals surface area (Å²) >= 11 is 0. The Balaban J connectivity index is 2.19. The van der Waals surface area contributed by atoms with Crippen LogP contribution in [0, 0.1) is 5.41 Å². The lowest BCUT2D eigenvalue weighted by Gasteiger charge is -2.32. The fourth-order valence-corrected chi connectivity index (χ4v) is 2.60. The molecule has 1 aromatic rings. The Hall–Kier alpha value is -1.00. The summed E-state index contributed by atoms with van der Waals surface area (Å²) < 4.78 is 27.9. The highest BCUT2D eigenvalue weighted by molar-refractivity contribution is 5.16. The van der Waals surface area contributed by atoms with Crippen LogP contribution in [0.4, 0.5) is 8.78 Å². The molecule has 0 amide bonds. The van der Waals surface area contributed by atoms with Crippen molar-refractivity contribution in [3.63, 3.8) is 0 Å². The fourth-order valence-electron chi connectivity index (χ4n) is 2.60. The van der Waals surface area contributed by atoms with Crippen molar-refractivity contribution in [1.82, 2.24) is 4.90 Å². The van der Waals surface area contributed by atoms with Crippen LogP contribution in [0.1, 0.15) is 19.4 Å². The third kappa shape index (κ3) is 2.15. The second-order valence-corrected chi connectivity index (χ2v) is 5.52. The van der Waals surface area contributed by atoms with Gasteiger partial charge in [-0.1, -0.05) is 44.2 Å². The minimum Gasteiger partial charge on any atom is -0.395 e. The van der Waals surface area contributed by atoms with E-state index in [-0.39, 0.29) is 13.2 Å². The molecule has 1 aliphatic heterocycles. The molecule has 1 atom stereocenters. The Morgan fingerprint density at radius 2 is 1.89 bits per heavy atom. The normalized spacial score (nSPS) is 26.4. The van der Waals surface area contributed by atoms with Crippen LogP contribution >= 0.6 is 0 Å². The number of halogens is 2. The number of aliphatic hydroxyl groups excluding tert-OH is 1. The SMILES string of the molecule is CC1(C)C(CO)N(Cc2ccccc2)CC1(F)F. The molecular weight excluding hydrogens is 236 g/mol. The number of alkyl halides is 2. The summed E-state index contributed by atoms with van der Waals surface area (Å²) in [7, 11) is 0. The van der Waals surface area contributed by atoms with E-state index >= 15 is 0 Å². The molecule has 1 N–H and O–H groups in total. The molecule has 0 aromatic heterocycles. The maximum absolute atomic E-state index is 14.0. The molecule has 0 spiro atoms. The maximum Gasteiger partial charge on any atom is 0.267 e. The highest BCUT2D eigenvalue weighted by atomic mass is 19.3. The number of aliphatic hydroxyl groups is 1. The van der Waals surface area contributed by atoms with E-state index in [0.717, 1.165) is 5.56 Å². The molecule has 2 nitrogen and oxygen atoms in total. The summed E-state index contributed by atoms with van der Waals surface area (Å²) in [5.74, 6) is -2.77. The molecule has 1 fully saturated rings. The van der Waals surface area contributed by atoms with E-state index < -0.39 is 17.4 Å². The smallest absolute Gasteiger partial charge is 0.267 e. The van der Waals surface area contributed by atoms with E-state index in [0.29, 0.717) is 6.54 Å². The minimum atomic E-state index is -2.77. The Kier molecular flexibility index (Phi) is 3.43. The summed E-state index contributed by atoms with van der Waals surface area (Å²) in [5, 5.41) is 9.41. The molecule has 0 bridgehead atoms. The molecule has 1 unspecified atom stereocenters. The second kappa shape index (κ2) is 4.59. The van der Waals surface area contributed by atoms with Gasteiger partial charge in [-0.25, -0.2) is 8.78 Å². The first-order valence-corrected chi connectivity index (χ1v) is 6.15. The van der Waals surface area contributed by atoms with E-state index in [4.69, 9.17) is 0 Å². The van der Waals surface area contributed by atoms with Gasteiger partial charge in [0, 0.05) is 18.0 Å². The summed E-state index contributed by atoms with van der Waals surface area (Å²) in [5.41, 5.74) is -0.208. The Bertz CT molecular complexity index is 406. The van der Waals surface area contributed by atoms with Crippen LogP contribution in [0.15, 0.2) is 30.3 Å². The van der Waals surface area contributed by atoms with Crippen molar-refractivity contribution in [2.24, 2.45) is 5.41 Å². The molecule has 100 valence electrons. The van der Waals surface area contributed by atoms with Crippen LogP contribution in [0.25, 0.3) is 0 Å². The van der Waals surface area contributed by atoms with E-state index in [1.807, 2.05) is 30.3 Å². The van der Waals surface area contributed by atoms with Crippen molar-refractivity contribution in [2.75, 3.05) is 13.2 Å². The summed E-state index contributed by atoms with van der Waals surface area (Å²) in [6.45, 7) is 2.97. The summed E-state index contributed by atoms with van der Waals surface area (Å²) in [6.07, 6.45) is 0. The van der Waals surface area contributed by atoms with Gasteiger partial charge in [0.25, 0.3) is 5.92 Å². The number of likely N-dealkylation sites (tertiary alicyclic amines) is 1. The van der Waals surface area contributed by atoms with Crippen LogP contribution in [-0.4, -0.2) is 35.1 Å². The Labute approximate surface area is 106 Å². The van der Waals surface area contributed by atoms with Gasteiger partial charge in [-0.3, -0.25) is 4.90 Å². The van der Waals surface area contributed by atoms with Crippen LogP contribution in [0.3, 0.4) is 0 Å².